The number of rotatable bonds is 4. The van der Waals surface area contributed by atoms with Crippen LogP contribution in [0.1, 0.15) is 13.3 Å². The first-order chi connectivity index (χ1) is 5.88. The predicted molar refractivity (Wildman–Crippen MR) is 38.1 cm³/mol. The van der Waals surface area contributed by atoms with Crippen molar-refractivity contribution in [3.05, 3.63) is 0 Å². The first-order valence-electron chi connectivity index (χ1n) is 3.63. The van der Waals surface area contributed by atoms with Crippen LogP contribution < -0.4 is 0 Å². The van der Waals surface area contributed by atoms with Gasteiger partial charge in [0.1, 0.15) is 0 Å². The van der Waals surface area contributed by atoms with Crippen LogP contribution in [-0.4, -0.2) is 32.0 Å². The Morgan fingerprint density at radius 2 is 2.00 bits per heavy atom. The summed E-state index contributed by atoms with van der Waals surface area (Å²) < 4.78 is 44.0. The van der Waals surface area contributed by atoms with Crippen molar-refractivity contribution in [3.63, 3.8) is 0 Å². The molecule has 0 saturated carbocycles. The van der Waals surface area contributed by atoms with E-state index in [4.69, 9.17) is 0 Å². The summed E-state index contributed by atoms with van der Waals surface area (Å²) >= 11 is 0. The van der Waals surface area contributed by atoms with Gasteiger partial charge in [0.25, 0.3) is 0 Å². The normalized spacial score (nSPS) is 13.9. The molecule has 0 aromatic heterocycles. The van der Waals surface area contributed by atoms with Crippen molar-refractivity contribution < 1.29 is 27.4 Å². The number of halogens is 3. The molecule has 0 aromatic rings. The summed E-state index contributed by atoms with van der Waals surface area (Å²) in [6.45, 7) is 0.602. The van der Waals surface area contributed by atoms with Gasteiger partial charge in [-0.3, -0.25) is 4.79 Å². The Balaban J connectivity index is 3.60. The summed E-state index contributed by atoms with van der Waals surface area (Å²) in [5.74, 6) is -0.589. The Morgan fingerprint density at radius 1 is 1.46 bits per heavy atom. The van der Waals surface area contributed by atoms with Crippen molar-refractivity contribution in [1.29, 1.82) is 0 Å². The molecular weight excluding hydrogens is 189 g/mol. The van der Waals surface area contributed by atoms with E-state index in [1.807, 2.05) is 0 Å². The number of alkyl halides is 3. The molecule has 0 fully saturated rings. The van der Waals surface area contributed by atoms with Crippen LogP contribution in [-0.2, 0) is 14.3 Å². The van der Waals surface area contributed by atoms with Crippen molar-refractivity contribution in [2.24, 2.45) is 0 Å². The zero-order chi connectivity index (χ0) is 10.5. The Hall–Kier alpha value is -0.780. The van der Waals surface area contributed by atoms with Crippen molar-refractivity contribution in [3.8, 4) is 0 Å². The van der Waals surface area contributed by atoms with Crippen molar-refractivity contribution in [2.45, 2.75) is 25.6 Å². The van der Waals surface area contributed by atoms with Gasteiger partial charge >= 0.3 is 12.1 Å². The highest BCUT2D eigenvalue weighted by Crippen LogP contribution is 2.22. The fourth-order valence-corrected chi connectivity index (χ4v) is 0.516. The molecule has 13 heavy (non-hydrogen) atoms. The van der Waals surface area contributed by atoms with Gasteiger partial charge in [-0.1, -0.05) is 0 Å². The van der Waals surface area contributed by atoms with E-state index in [1.165, 1.54) is 0 Å². The quantitative estimate of drug-likeness (QED) is 0.645. The summed E-state index contributed by atoms with van der Waals surface area (Å²) in [6.07, 6.45) is -6.40. The number of esters is 1. The van der Waals surface area contributed by atoms with Crippen LogP contribution >= 0.6 is 0 Å². The van der Waals surface area contributed by atoms with Gasteiger partial charge in [-0.2, -0.15) is 13.2 Å². The van der Waals surface area contributed by atoms with E-state index in [2.05, 4.69) is 9.47 Å². The van der Waals surface area contributed by atoms with E-state index < -0.39 is 18.2 Å². The molecule has 0 amide bonds. The molecule has 0 aliphatic heterocycles. The fourth-order valence-electron chi connectivity index (χ4n) is 0.516. The minimum Gasteiger partial charge on any atom is -0.469 e. The molecule has 0 saturated heterocycles. The second-order valence-electron chi connectivity index (χ2n) is 2.38. The lowest BCUT2D eigenvalue weighted by Gasteiger charge is -2.15. The topological polar surface area (TPSA) is 35.5 Å². The van der Waals surface area contributed by atoms with E-state index in [-0.39, 0.29) is 13.0 Å². The second kappa shape index (κ2) is 5.06. The molecule has 6 heteroatoms. The number of carbonyl (C=O) groups is 1. The van der Waals surface area contributed by atoms with Crippen LogP contribution in [0.5, 0.6) is 0 Å². The molecule has 0 aliphatic carbocycles. The van der Waals surface area contributed by atoms with Crippen LogP contribution in [0.25, 0.3) is 0 Å². The Morgan fingerprint density at radius 3 is 2.38 bits per heavy atom. The molecular formula is C7H11F3O3. The Labute approximate surface area is 73.8 Å². The van der Waals surface area contributed by atoms with Gasteiger partial charge in [-0.15, -0.1) is 0 Å². The minimum absolute atomic E-state index is 0.170. The molecule has 1 atom stereocenters. The molecule has 0 N–H and O–H groups in total. The monoisotopic (exact) mass is 200 g/mol. The van der Waals surface area contributed by atoms with E-state index in [0.29, 0.717) is 0 Å². The number of methoxy groups -OCH3 is 1. The lowest BCUT2D eigenvalue weighted by molar-refractivity contribution is -0.214. The summed E-state index contributed by atoms with van der Waals surface area (Å²) in [5, 5.41) is 0. The molecule has 0 aliphatic rings. The molecule has 0 spiro atoms. The summed E-state index contributed by atoms with van der Waals surface area (Å²) in [7, 11) is 1.16. The highest BCUT2D eigenvalue weighted by atomic mass is 19.4. The maximum Gasteiger partial charge on any atom is 0.414 e. The van der Waals surface area contributed by atoms with Gasteiger partial charge in [-0.05, 0) is 6.92 Å². The largest absolute Gasteiger partial charge is 0.469 e. The summed E-state index contributed by atoms with van der Waals surface area (Å²) in [6, 6.07) is 0. The average molecular weight is 200 g/mol. The van der Waals surface area contributed by atoms with Crippen molar-refractivity contribution in [1.82, 2.24) is 0 Å². The summed E-state index contributed by atoms with van der Waals surface area (Å²) in [4.78, 5) is 10.5. The average Bonchev–Trinajstić information content (AvgIpc) is 2.02. The zero-order valence-corrected chi connectivity index (χ0v) is 7.35. The Bertz CT molecular complexity index is 167. The SMILES string of the molecule is COC(=O)CCO[C@H](C)C(F)(F)F. The maximum absolute atomic E-state index is 11.8. The minimum atomic E-state index is -4.38. The van der Waals surface area contributed by atoms with E-state index in [1.54, 1.807) is 0 Å². The smallest absolute Gasteiger partial charge is 0.414 e. The van der Waals surface area contributed by atoms with Gasteiger partial charge in [0.05, 0.1) is 20.1 Å². The third-order valence-corrected chi connectivity index (χ3v) is 1.36. The van der Waals surface area contributed by atoms with Crippen LogP contribution in [0.4, 0.5) is 13.2 Å². The van der Waals surface area contributed by atoms with Crippen molar-refractivity contribution >= 4 is 5.97 Å². The fraction of sp³-hybridized carbons (Fsp3) is 0.857. The van der Waals surface area contributed by atoms with Crippen molar-refractivity contribution in [2.75, 3.05) is 13.7 Å². The third-order valence-electron chi connectivity index (χ3n) is 1.36. The lowest BCUT2D eigenvalue weighted by atomic mass is 10.4. The number of hydrogen-bond acceptors (Lipinski definition) is 3. The summed E-state index contributed by atoms with van der Waals surface area (Å²) in [5.41, 5.74) is 0. The van der Waals surface area contributed by atoms with Gasteiger partial charge in [0.15, 0.2) is 6.10 Å². The van der Waals surface area contributed by atoms with E-state index in [0.717, 1.165) is 14.0 Å². The number of ether oxygens (including phenoxy) is 2. The maximum atomic E-state index is 11.8. The molecule has 0 aromatic carbocycles. The van der Waals surface area contributed by atoms with Gasteiger partial charge in [0, 0.05) is 0 Å². The van der Waals surface area contributed by atoms with Crippen LogP contribution in [0.3, 0.4) is 0 Å². The second-order valence-corrected chi connectivity index (χ2v) is 2.38. The predicted octanol–water partition coefficient (Wildman–Crippen LogP) is 1.52. The zero-order valence-electron chi connectivity index (χ0n) is 7.35. The van der Waals surface area contributed by atoms with Crippen LogP contribution in [0.2, 0.25) is 0 Å². The van der Waals surface area contributed by atoms with Crippen LogP contribution in [0.15, 0.2) is 0 Å². The first-order valence-corrected chi connectivity index (χ1v) is 3.63. The first kappa shape index (κ1) is 12.2. The number of carbonyl (C=O) groups excluding carboxylic acids is 1. The standard InChI is InChI=1S/C7H11F3O3/c1-5(7(8,9)10)13-4-3-6(11)12-2/h5H,3-4H2,1-2H3/t5-/m1/s1. The highest BCUT2D eigenvalue weighted by Gasteiger charge is 2.36. The molecule has 0 rings (SSSR count). The number of hydrogen-bond donors (Lipinski definition) is 0. The third kappa shape index (κ3) is 5.46. The highest BCUT2D eigenvalue weighted by molar-refractivity contribution is 5.69. The molecule has 3 nitrogen and oxygen atoms in total. The molecule has 0 bridgehead atoms. The van der Waals surface area contributed by atoms with Crippen LogP contribution in [0, 0.1) is 0 Å². The molecule has 0 unspecified atom stereocenters. The molecule has 0 heterocycles. The van der Waals surface area contributed by atoms with Gasteiger partial charge in [-0.25, -0.2) is 0 Å². The molecule has 0 radical (unpaired) electrons. The lowest BCUT2D eigenvalue weighted by Crippen LogP contribution is -2.29. The van der Waals surface area contributed by atoms with E-state index in [9.17, 15) is 18.0 Å². The van der Waals surface area contributed by atoms with E-state index >= 15 is 0 Å². The molecule has 78 valence electrons. The Kier molecular flexibility index (Phi) is 4.76. The van der Waals surface area contributed by atoms with Gasteiger partial charge < -0.3 is 9.47 Å². The van der Waals surface area contributed by atoms with Gasteiger partial charge in [0.2, 0.25) is 0 Å².